The summed E-state index contributed by atoms with van der Waals surface area (Å²) in [4.78, 5) is 24.6. The molecule has 1 aromatic rings. The number of carboxylic acids is 1. The molecule has 1 amide bonds. The maximum absolute atomic E-state index is 12.2. The Bertz CT molecular complexity index is 466. The molecule has 0 bridgehead atoms. The Morgan fingerprint density at radius 1 is 1.47 bits per heavy atom. The molecule has 1 atom stereocenters. The fourth-order valence-corrected chi connectivity index (χ4v) is 2.52. The first kappa shape index (κ1) is 13.6. The minimum atomic E-state index is -0.773. The highest BCUT2D eigenvalue weighted by atomic mass is 16.4. The second-order valence-electron chi connectivity index (χ2n) is 5.10. The average molecular weight is 265 g/mol. The number of aliphatic carboxylic acids is 1. The van der Waals surface area contributed by atoms with E-state index in [0.29, 0.717) is 18.7 Å². The van der Waals surface area contributed by atoms with Crippen LogP contribution in [0.1, 0.15) is 42.0 Å². The molecule has 5 nitrogen and oxygen atoms in total. The normalized spacial score (nSPS) is 19.4. The lowest BCUT2D eigenvalue weighted by Crippen LogP contribution is -2.39. The van der Waals surface area contributed by atoms with E-state index in [1.807, 2.05) is 6.92 Å². The van der Waals surface area contributed by atoms with E-state index in [-0.39, 0.29) is 18.2 Å². The van der Waals surface area contributed by atoms with Crippen LogP contribution in [0.4, 0.5) is 0 Å². The van der Waals surface area contributed by atoms with E-state index in [2.05, 4.69) is 0 Å². The number of nitrogens with zero attached hydrogens (tertiary/aromatic N) is 1. The maximum Gasteiger partial charge on any atom is 0.303 e. The molecule has 2 heterocycles. The molecular formula is C14H19NO4. The van der Waals surface area contributed by atoms with Crippen molar-refractivity contribution in [3.8, 4) is 0 Å². The first-order valence-electron chi connectivity index (χ1n) is 6.64. The van der Waals surface area contributed by atoms with Gasteiger partial charge in [-0.3, -0.25) is 9.59 Å². The van der Waals surface area contributed by atoms with Crippen molar-refractivity contribution in [2.75, 3.05) is 13.1 Å². The molecule has 1 aliphatic rings. The van der Waals surface area contributed by atoms with Gasteiger partial charge in [-0.05, 0) is 44.2 Å². The number of piperidine rings is 1. The van der Waals surface area contributed by atoms with Gasteiger partial charge in [-0.25, -0.2) is 0 Å². The Balaban J connectivity index is 1.93. The van der Waals surface area contributed by atoms with Gasteiger partial charge in [0.15, 0.2) is 5.76 Å². The summed E-state index contributed by atoms with van der Waals surface area (Å²) in [5.74, 6) is 0.516. The zero-order valence-electron chi connectivity index (χ0n) is 11.1. The van der Waals surface area contributed by atoms with Crippen LogP contribution in [0.25, 0.3) is 0 Å². The topological polar surface area (TPSA) is 70.8 Å². The number of hydrogen-bond acceptors (Lipinski definition) is 3. The van der Waals surface area contributed by atoms with Gasteiger partial charge in [0.25, 0.3) is 5.91 Å². The van der Waals surface area contributed by atoms with E-state index in [1.54, 1.807) is 17.0 Å². The molecule has 0 spiro atoms. The van der Waals surface area contributed by atoms with Crippen LogP contribution < -0.4 is 0 Å². The van der Waals surface area contributed by atoms with Crippen molar-refractivity contribution in [2.45, 2.75) is 32.6 Å². The van der Waals surface area contributed by atoms with Crippen molar-refractivity contribution >= 4 is 11.9 Å². The number of carbonyl (C=O) groups is 2. The van der Waals surface area contributed by atoms with Crippen molar-refractivity contribution < 1.29 is 19.1 Å². The van der Waals surface area contributed by atoms with E-state index < -0.39 is 5.97 Å². The van der Waals surface area contributed by atoms with Gasteiger partial charge < -0.3 is 14.4 Å². The Morgan fingerprint density at radius 2 is 2.26 bits per heavy atom. The van der Waals surface area contributed by atoms with Crippen LogP contribution in [0.2, 0.25) is 0 Å². The SMILES string of the molecule is Cc1ccc(C(=O)N2CCC[C@@H](CCC(=O)O)C2)o1. The molecule has 1 fully saturated rings. The highest BCUT2D eigenvalue weighted by Crippen LogP contribution is 2.22. The monoisotopic (exact) mass is 265 g/mol. The number of furan rings is 1. The summed E-state index contributed by atoms with van der Waals surface area (Å²) in [6, 6.07) is 3.47. The van der Waals surface area contributed by atoms with Crippen molar-refractivity contribution in [1.82, 2.24) is 4.90 Å². The van der Waals surface area contributed by atoms with Crippen LogP contribution in [0, 0.1) is 12.8 Å². The summed E-state index contributed by atoms with van der Waals surface area (Å²) in [5.41, 5.74) is 0. The highest BCUT2D eigenvalue weighted by molar-refractivity contribution is 5.91. The smallest absolute Gasteiger partial charge is 0.303 e. The predicted molar refractivity (Wildman–Crippen MR) is 68.9 cm³/mol. The van der Waals surface area contributed by atoms with Crippen LogP contribution in [0.15, 0.2) is 16.5 Å². The van der Waals surface area contributed by atoms with Crippen molar-refractivity contribution in [2.24, 2.45) is 5.92 Å². The Labute approximate surface area is 112 Å². The molecular weight excluding hydrogens is 246 g/mol. The first-order chi connectivity index (χ1) is 9.06. The Hall–Kier alpha value is -1.78. The third-order valence-corrected chi connectivity index (χ3v) is 3.52. The molecule has 0 radical (unpaired) electrons. The average Bonchev–Trinajstić information content (AvgIpc) is 2.82. The number of hydrogen-bond donors (Lipinski definition) is 1. The summed E-state index contributed by atoms with van der Waals surface area (Å²) >= 11 is 0. The quantitative estimate of drug-likeness (QED) is 0.906. The van der Waals surface area contributed by atoms with Gasteiger partial charge in [0.05, 0.1) is 0 Å². The number of likely N-dealkylation sites (tertiary alicyclic amines) is 1. The van der Waals surface area contributed by atoms with Gasteiger partial charge in [-0.15, -0.1) is 0 Å². The standard InChI is InChI=1S/C14H19NO4/c1-10-4-6-12(19-10)14(18)15-8-2-3-11(9-15)5-7-13(16)17/h4,6,11H,2-3,5,7-9H2,1H3,(H,16,17)/t11-/m0/s1. The van der Waals surface area contributed by atoms with Crippen molar-refractivity contribution in [3.05, 3.63) is 23.7 Å². The van der Waals surface area contributed by atoms with Crippen LogP contribution in [-0.4, -0.2) is 35.0 Å². The van der Waals surface area contributed by atoms with Crippen molar-refractivity contribution in [1.29, 1.82) is 0 Å². The number of carbonyl (C=O) groups excluding carboxylic acids is 1. The molecule has 1 N–H and O–H groups in total. The third-order valence-electron chi connectivity index (χ3n) is 3.52. The number of rotatable bonds is 4. The van der Waals surface area contributed by atoms with Gasteiger partial charge in [0, 0.05) is 19.5 Å². The molecule has 0 aromatic carbocycles. The maximum atomic E-state index is 12.2. The lowest BCUT2D eigenvalue weighted by atomic mass is 9.93. The van der Waals surface area contributed by atoms with Crippen LogP contribution in [0.5, 0.6) is 0 Å². The summed E-state index contributed by atoms with van der Waals surface area (Å²) < 4.78 is 5.35. The van der Waals surface area contributed by atoms with E-state index >= 15 is 0 Å². The zero-order chi connectivity index (χ0) is 13.8. The summed E-state index contributed by atoms with van der Waals surface area (Å²) in [7, 11) is 0. The lowest BCUT2D eigenvalue weighted by molar-refractivity contribution is -0.137. The minimum absolute atomic E-state index is 0.0897. The fourth-order valence-electron chi connectivity index (χ4n) is 2.52. The largest absolute Gasteiger partial charge is 0.481 e. The Morgan fingerprint density at radius 3 is 2.89 bits per heavy atom. The highest BCUT2D eigenvalue weighted by Gasteiger charge is 2.26. The molecule has 0 unspecified atom stereocenters. The second kappa shape index (κ2) is 5.91. The van der Waals surface area contributed by atoms with Crippen molar-refractivity contribution in [3.63, 3.8) is 0 Å². The van der Waals surface area contributed by atoms with Crippen LogP contribution >= 0.6 is 0 Å². The molecule has 0 aliphatic carbocycles. The molecule has 1 aromatic heterocycles. The van der Waals surface area contributed by atoms with Crippen LogP contribution in [0.3, 0.4) is 0 Å². The molecule has 19 heavy (non-hydrogen) atoms. The first-order valence-corrected chi connectivity index (χ1v) is 6.64. The number of carboxylic acid groups (broad SMARTS) is 1. The number of aryl methyl sites for hydroxylation is 1. The molecule has 1 saturated heterocycles. The summed E-state index contributed by atoms with van der Waals surface area (Å²) in [5, 5.41) is 8.70. The Kier molecular flexibility index (Phi) is 4.24. The lowest BCUT2D eigenvalue weighted by Gasteiger charge is -2.32. The van der Waals surface area contributed by atoms with Gasteiger partial charge >= 0.3 is 5.97 Å². The summed E-state index contributed by atoms with van der Waals surface area (Å²) in [6.45, 7) is 3.16. The summed E-state index contributed by atoms with van der Waals surface area (Å²) in [6.07, 6.45) is 2.73. The predicted octanol–water partition coefficient (Wildman–Crippen LogP) is 2.31. The van der Waals surface area contributed by atoms with Gasteiger partial charge in [-0.1, -0.05) is 0 Å². The molecule has 0 saturated carbocycles. The van der Waals surface area contributed by atoms with Crippen LogP contribution in [-0.2, 0) is 4.79 Å². The van der Waals surface area contributed by atoms with Gasteiger partial charge in [0.2, 0.25) is 0 Å². The molecule has 1 aliphatic heterocycles. The van der Waals surface area contributed by atoms with E-state index in [9.17, 15) is 9.59 Å². The van der Waals surface area contributed by atoms with E-state index in [0.717, 1.165) is 25.1 Å². The fraction of sp³-hybridized carbons (Fsp3) is 0.571. The zero-order valence-corrected chi connectivity index (χ0v) is 11.1. The van der Waals surface area contributed by atoms with Gasteiger partial charge in [0.1, 0.15) is 5.76 Å². The molecule has 5 heteroatoms. The van der Waals surface area contributed by atoms with Gasteiger partial charge in [-0.2, -0.15) is 0 Å². The van der Waals surface area contributed by atoms with E-state index in [1.165, 1.54) is 0 Å². The third kappa shape index (κ3) is 3.59. The molecule has 2 rings (SSSR count). The molecule has 104 valence electrons. The minimum Gasteiger partial charge on any atom is -0.481 e. The van der Waals surface area contributed by atoms with E-state index in [4.69, 9.17) is 9.52 Å². The number of amides is 1. The second-order valence-corrected chi connectivity index (χ2v) is 5.10.